The van der Waals surface area contributed by atoms with Gasteiger partial charge in [0.05, 0.1) is 0 Å². The molecule has 0 aromatic heterocycles. The van der Waals surface area contributed by atoms with Crippen molar-refractivity contribution in [2.45, 2.75) is 0 Å². The van der Waals surface area contributed by atoms with Crippen LogP contribution in [0.4, 0.5) is 0 Å². The van der Waals surface area contributed by atoms with Crippen LogP contribution >= 0.6 is 0 Å². The predicted molar refractivity (Wildman–Crippen MR) is 26.1 cm³/mol. The second-order valence-corrected chi connectivity index (χ2v) is 1.47. The van der Waals surface area contributed by atoms with E-state index in [0.717, 1.165) is 0 Å². The summed E-state index contributed by atoms with van der Waals surface area (Å²) in [6, 6.07) is 0. The molecular weight excluding hydrogens is 92.1 g/mol. The fraction of sp³-hybridized carbons (Fsp3) is 0.667. The van der Waals surface area contributed by atoms with E-state index in [-0.39, 0.29) is 0 Å². The van der Waals surface area contributed by atoms with Crippen molar-refractivity contribution in [3.63, 3.8) is 0 Å². The molecule has 0 spiro atoms. The molecule has 0 aliphatic carbocycles. The topological polar surface area (TPSA) is 44.9 Å². The summed E-state index contributed by atoms with van der Waals surface area (Å²) < 4.78 is 0. The van der Waals surface area contributed by atoms with E-state index in [1.807, 2.05) is 7.05 Å². The molecule has 0 unspecified atom stereocenters. The van der Waals surface area contributed by atoms with Crippen LogP contribution in [0, 0.1) is 0 Å². The van der Waals surface area contributed by atoms with Crippen LogP contribution in [-0.2, 0) is 0 Å². The van der Waals surface area contributed by atoms with E-state index in [4.69, 9.17) is 5.84 Å². The largest absolute Gasteiger partial charge is 0.561 e. The molecule has 1 aliphatic heterocycles. The lowest BCUT2D eigenvalue weighted by molar-refractivity contribution is 0.282. The highest BCUT2D eigenvalue weighted by Crippen LogP contribution is 1.89. The summed E-state index contributed by atoms with van der Waals surface area (Å²) in [5, 5.41) is 6.78. The number of hydrazone groups is 1. The summed E-state index contributed by atoms with van der Waals surface area (Å²) in [7, 11) is 1.83. The van der Waals surface area contributed by atoms with Gasteiger partial charge in [-0.15, -0.1) is 0 Å². The van der Waals surface area contributed by atoms with Crippen molar-refractivity contribution in [2.24, 2.45) is 10.9 Å². The van der Waals surface area contributed by atoms with Crippen LogP contribution < -0.4 is 5.84 Å². The normalized spacial score (nSPS) is 18.0. The molecular formula is C3H7N4+. The lowest BCUT2D eigenvalue weighted by atomic mass is 11.0. The van der Waals surface area contributed by atoms with Crippen molar-refractivity contribution in [2.75, 3.05) is 13.7 Å². The van der Waals surface area contributed by atoms with Crippen LogP contribution in [-0.4, -0.2) is 30.1 Å². The summed E-state index contributed by atoms with van der Waals surface area (Å²) in [6.07, 6.45) is 2.53. The first-order chi connectivity index (χ1) is 3.29. The smallest absolute Gasteiger partial charge is 0.226 e. The zero-order valence-electron chi connectivity index (χ0n) is 4.13. The second kappa shape index (κ2) is 1.33. The molecule has 4 nitrogen and oxygen atoms in total. The Morgan fingerprint density at radius 2 is 2.57 bits per heavy atom. The molecule has 0 atom stereocenters. The van der Waals surface area contributed by atoms with Crippen LogP contribution in [0.5, 0.6) is 0 Å². The van der Waals surface area contributed by atoms with Gasteiger partial charge >= 0.3 is 6.34 Å². The van der Waals surface area contributed by atoms with E-state index < -0.39 is 0 Å². The third kappa shape index (κ3) is 0.765. The molecule has 1 aliphatic rings. The van der Waals surface area contributed by atoms with Gasteiger partial charge in [-0.2, -0.15) is 0 Å². The first-order valence-corrected chi connectivity index (χ1v) is 1.99. The Bertz CT molecular complexity index is 78.9. The van der Waals surface area contributed by atoms with Crippen molar-refractivity contribution >= 4 is 6.34 Å². The van der Waals surface area contributed by atoms with Gasteiger partial charge in [0.2, 0.25) is 0 Å². The van der Waals surface area contributed by atoms with Gasteiger partial charge in [-0.25, -0.2) is 10.9 Å². The Labute approximate surface area is 42.2 Å². The van der Waals surface area contributed by atoms with Gasteiger partial charge in [0.25, 0.3) is 0 Å². The van der Waals surface area contributed by atoms with Crippen LogP contribution in [0.2, 0.25) is 0 Å². The second-order valence-electron chi connectivity index (χ2n) is 1.47. The molecule has 4 heteroatoms. The number of rotatable bonds is 0. The zero-order chi connectivity index (χ0) is 5.28. The van der Waals surface area contributed by atoms with Gasteiger partial charge in [-0.05, 0) is 0 Å². The minimum Gasteiger partial charge on any atom is -0.226 e. The molecule has 0 fully saturated rings. The molecule has 38 valence electrons. The molecule has 0 aromatic carbocycles. The number of hydrogen-bond acceptors (Lipinski definition) is 4. The van der Waals surface area contributed by atoms with Crippen molar-refractivity contribution in [1.29, 1.82) is 0 Å². The highest BCUT2D eigenvalue weighted by atomic mass is 15.6. The first-order valence-electron chi connectivity index (χ1n) is 1.99. The molecule has 1 rings (SSSR count). The number of hydrogen-bond donors (Lipinski definition) is 1. The maximum Gasteiger partial charge on any atom is 0.561 e. The third-order valence-electron chi connectivity index (χ3n) is 0.701. The fourth-order valence-electron chi connectivity index (χ4n) is 0.418. The SMILES string of the molecule is CN1CN(N)[C+]=N1. The summed E-state index contributed by atoms with van der Waals surface area (Å²) in [4.78, 5) is 0. The Hall–Kier alpha value is -0.860. The summed E-state index contributed by atoms with van der Waals surface area (Å²) >= 11 is 0. The molecule has 0 saturated carbocycles. The average Bonchev–Trinajstić information content (AvgIpc) is 1.87. The molecule has 7 heavy (non-hydrogen) atoms. The highest BCUT2D eigenvalue weighted by Gasteiger charge is 2.19. The van der Waals surface area contributed by atoms with E-state index in [1.54, 1.807) is 5.01 Å². The number of hydrazine groups is 1. The van der Waals surface area contributed by atoms with E-state index >= 15 is 0 Å². The van der Waals surface area contributed by atoms with Crippen molar-refractivity contribution in [1.82, 2.24) is 10.0 Å². The Morgan fingerprint density at radius 1 is 1.86 bits per heavy atom. The lowest BCUT2D eigenvalue weighted by Gasteiger charge is -1.96. The molecule has 2 N–H and O–H groups in total. The maximum atomic E-state index is 5.21. The zero-order valence-corrected chi connectivity index (χ0v) is 4.13. The predicted octanol–water partition coefficient (Wildman–Crippen LogP) is -1.11. The quantitative estimate of drug-likeness (QED) is 0.309. The van der Waals surface area contributed by atoms with Crippen molar-refractivity contribution in [3.05, 3.63) is 0 Å². The van der Waals surface area contributed by atoms with Gasteiger partial charge < -0.3 is 0 Å². The van der Waals surface area contributed by atoms with Crippen LogP contribution in [0.15, 0.2) is 5.10 Å². The molecule has 1 heterocycles. The third-order valence-corrected chi connectivity index (χ3v) is 0.701. The maximum absolute atomic E-state index is 5.21. The minimum absolute atomic E-state index is 0.639. The summed E-state index contributed by atoms with van der Waals surface area (Å²) in [5.74, 6) is 5.21. The Balaban J connectivity index is 2.42. The number of nitrogens with two attached hydrogens (primary N) is 1. The van der Waals surface area contributed by atoms with Gasteiger partial charge in [-0.1, -0.05) is 5.01 Å². The van der Waals surface area contributed by atoms with Crippen LogP contribution in [0.3, 0.4) is 0 Å². The minimum atomic E-state index is 0.639. The lowest BCUT2D eigenvalue weighted by Crippen LogP contribution is -2.30. The summed E-state index contributed by atoms with van der Waals surface area (Å²) in [6.45, 7) is 0.639. The van der Waals surface area contributed by atoms with Crippen molar-refractivity contribution < 1.29 is 0 Å². The highest BCUT2D eigenvalue weighted by molar-refractivity contribution is 5.54. The Kier molecular flexibility index (Phi) is 0.817. The molecule has 0 saturated heterocycles. The monoisotopic (exact) mass is 99.1 g/mol. The van der Waals surface area contributed by atoms with Gasteiger partial charge in [0.1, 0.15) is 5.10 Å². The van der Waals surface area contributed by atoms with Crippen LogP contribution in [0.25, 0.3) is 0 Å². The molecule has 0 radical (unpaired) electrons. The standard InChI is InChI=1S/C3H7N4/c1-6-3-7(4)2-5-6/h3-4H2,1H3/q+1. The van der Waals surface area contributed by atoms with Gasteiger partial charge in [0, 0.05) is 7.05 Å². The fourth-order valence-corrected chi connectivity index (χ4v) is 0.418. The molecule has 0 bridgehead atoms. The van der Waals surface area contributed by atoms with Gasteiger partial charge in [0.15, 0.2) is 6.67 Å². The Morgan fingerprint density at radius 3 is 2.71 bits per heavy atom. The average molecular weight is 99.1 g/mol. The molecule has 0 amide bonds. The van der Waals surface area contributed by atoms with Crippen molar-refractivity contribution in [3.8, 4) is 0 Å². The van der Waals surface area contributed by atoms with E-state index in [0.29, 0.717) is 6.67 Å². The van der Waals surface area contributed by atoms with E-state index in [9.17, 15) is 0 Å². The number of nitrogens with zero attached hydrogens (tertiary/aromatic N) is 3. The molecule has 0 aromatic rings. The van der Waals surface area contributed by atoms with E-state index in [2.05, 4.69) is 11.4 Å². The van der Waals surface area contributed by atoms with Gasteiger partial charge in [-0.3, -0.25) is 0 Å². The summed E-state index contributed by atoms with van der Waals surface area (Å²) in [5.41, 5.74) is 0. The van der Waals surface area contributed by atoms with Crippen LogP contribution in [0.1, 0.15) is 0 Å². The first kappa shape index (κ1) is 4.30. The van der Waals surface area contributed by atoms with E-state index in [1.165, 1.54) is 5.01 Å².